The van der Waals surface area contributed by atoms with Gasteiger partial charge >= 0.3 is 0 Å². The normalized spacial score (nSPS) is 17.7. The molecule has 2 fully saturated rings. The summed E-state index contributed by atoms with van der Waals surface area (Å²) in [7, 11) is 3.10. The fourth-order valence-corrected chi connectivity index (χ4v) is 8.47. The standard InChI is InChI=1S/C43H42F4N8O4/c1-52(2)43(59)34-22-32-31(21-30(40(47)41(32)49-34)26-4-3-15-54(23-26)37(57)13-18-55-19-14-48-51-55)29-7-6-27(38(45)39(29)46)24-11-16-53(17-12-24)35-9-5-25(20-33(35)44)28-8-10-36(56)50-42(28)58/h4-7,9,14,19-22,24,28,49H,3,8,10-13,15-18,23H2,1-2H3,(H,50,56,58). The molecule has 5 heterocycles. The van der Waals surface area contributed by atoms with Crippen LogP contribution in [-0.4, -0.2) is 93.7 Å². The zero-order valence-corrected chi connectivity index (χ0v) is 32.5. The number of amides is 4. The van der Waals surface area contributed by atoms with Crippen LogP contribution in [0.5, 0.6) is 0 Å². The van der Waals surface area contributed by atoms with Crippen LogP contribution in [0.15, 0.2) is 60.9 Å². The minimum atomic E-state index is -1.12. The van der Waals surface area contributed by atoms with Crippen LogP contribution in [0.4, 0.5) is 23.2 Å². The second kappa shape index (κ2) is 16.1. The second-order valence-corrected chi connectivity index (χ2v) is 15.5. The molecule has 2 N–H and O–H groups in total. The Morgan fingerprint density at radius 2 is 1.69 bits per heavy atom. The van der Waals surface area contributed by atoms with Gasteiger partial charge in [0.2, 0.25) is 17.7 Å². The number of aryl methyl sites for hydroxylation is 1. The number of halogens is 4. The number of nitrogens with one attached hydrogen (secondary N) is 2. The monoisotopic (exact) mass is 810 g/mol. The molecule has 0 bridgehead atoms. The van der Waals surface area contributed by atoms with Crippen molar-refractivity contribution in [3.05, 3.63) is 107 Å². The van der Waals surface area contributed by atoms with Crippen LogP contribution >= 0.6 is 0 Å². The SMILES string of the molecule is CN(C)C(=O)c1cc2c(-c3ccc(C4CCN(c5ccc(C6CCC(=O)NC6=O)cc5F)CC4)c(F)c3F)cc(C3=CCCN(C(=O)CCn4ccnn4)C3)c(F)c2[nH]1. The molecule has 12 nitrogen and oxygen atoms in total. The van der Waals surface area contributed by atoms with Crippen molar-refractivity contribution >= 4 is 45.8 Å². The number of hydrogen-bond donors (Lipinski definition) is 2. The molecular weight excluding hydrogens is 769 g/mol. The first-order valence-corrected chi connectivity index (χ1v) is 19.6. The largest absolute Gasteiger partial charge is 0.369 e. The van der Waals surface area contributed by atoms with Crippen LogP contribution in [-0.2, 0) is 20.9 Å². The van der Waals surface area contributed by atoms with Crippen molar-refractivity contribution in [1.82, 2.24) is 35.1 Å². The van der Waals surface area contributed by atoms with Gasteiger partial charge in [-0.05, 0) is 78.1 Å². The number of benzene rings is 3. The quantitative estimate of drug-likeness (QED) is 0.132. The van der Waals surface area contributed by atoms with Crippen molar-refractivity contribution in [2.45, 2.75) is 56.9 Å². The van der Waals surface area contributed by atoms with E-state index in [1.807, 2.05) is 11.0 Å². The molecule has 8 rings (SSSR count). The number of imide groups is 1. The summed E-state index contributed by atoms with van der Waals surface area (Å²) in [5, 5.41) is 10.1. The van der Waals surface area contributed by atoms with Crippen molar-refractivity contribution in [3.63, 3.8) is 0 Å². The van der Waals surface area contributed by atoms with E-state index in [1.54, 1.807) is 42.0 Å². The maximum Gasteiger partial charge on any atom is 0.269 e. The van der Waals surface area contributed by atoms with Gasteiger partial charge < -0.3 is 19.7 Å². The molecule has 59 heavy (non-hydrogen) atoms. The van der Waals surface area contributed by atoms with Crippen LogP contribution in [0.2, 0.25) is 0 Å². The number of hydrogen-bond acceptors (Lipinski definition) is 7. The maximum absolute atomic E-state index is 16.5. The summed E-state index contributed by atoms with van der Waals surface area (Å²) in [6.07, 6.45) is 6.90. The van der Waals surface area contributed by atoms with Gasteiger partial charge in [-0.25, -0.2) is 17.6 Å². The van der Waals surface area contributed by atoms with Crippen molar-refractivity contribution < 1.29 is 36.7 Å². The first-order valence-electron chi connectivity index (χ1n) is 19.6. The predicted octanol–water partition coefficient (Wildman–Crippen LogP) is 6.29. The van der Waals surface area contributed by atoms with Crippen molar-refractivity contribution in [2.24, 2.45) is 0 Å². The third-order valence-electron chi connectivity index (χ3n) is 11.7. The highest BCUT2D eigenvalue weighted by atomic mass is 19.2. The van der Waals surface area contributed by atoms with Gasteiger partial charge in [-0.15, -0.1) is 5.10 Å². The molecule has 1 unspecified atom stereocenters. The van der Waals surface area contributed by atoms with E-state index in [2.05, 4.69) is 20.6 Å². The van der Waals surface area contributed by atoms with Gasteiger partial charge in [0.25, 0.3) is 5.91 Å². The molecule has 1 atom stereocenters. The Labute approximate surface area is 336 Å². The number of H-pyrrole nitrogens is 1. The van der Waals surface area contributed by atoms with Gasteiger partial charge in [-0.3, -0.25) is 29.2 Å². The number of fused-ring (bicyclic) bond motifs is 1. The first kappa shape index (κ1) is 39.5. The van der Waals surface area contributed by atoms with E-state index in [-0.39, 0.29) is 76.0 Å². The third kappa shape index (κ3) is 7.70. The van der Waals surface area contributed by atoms with Gasteiger partial charge in [0.1, 0.15) is 11.5 Å². The molecule has 0 saturated carbocycles. The molecular formula is C43H42F4N8O4. The Bertz CT molecular complexity index is 2510. The number of anilines is 1. The lowest BCUT2D eigenvalue weighted by atomic mass is 9.86. The van der Waals surface area contributed by atoms with Crippen LogP contribution in [0, 0.1) is 23.3 Å². The molecule has 306 valence electrons. The van der Waals surface area contributed by atoms with E-state index < -0.39 is 41.0 Å². The molecule has 0 radical (unpaired) electrons. The van der Waals surface area contributed by atoms with Gasteiger partial charge in [0.15, 0.2) is 17.5 Å². The number of aromatic amines is 1. The molecule has 4 amide bonds. The molecule has 3 aliphatic rings. The van der Waals surface area contributed by atoms with Gasteiger partial charge in [-0.2, -0.15) is 0 Å². The summed E-state index contributed by atoms with van der Waals surface area (Å²) >= 11 is 0. The fraction of sp³-hybridized carbons (Fsp3) is 0.349. The number of aromatic nitrogens is 4. The highest BCUT2D eigenvalue weighted by Gasteiger charge is 2.32. The molecule has 5 aromatic rings. The minimum absolute atomic E-state index is 0.0492. The lowest BCUT2D eigenvalue weighted by molar-refractivity contribution is -0.134. The van der Waals surface area contributed by atoms with E-state index in [9.17, 15) is 19.2 Å². The lowest BCUT2D eigenvalue weighted by Gasteiger charge is -2.34. The van der Waals surface area contributed by atoms with Crippen molar-refractivity contribution in [2.75, 3.05) is 45.2 Å². The summed E-state index contributed by atoms with van der Waals surface area (Å²) in [6.45, 7) is 1.57. The average Bonchev–Trinajstić information content (AvgIpc) is 3.93. The molecule has 2 saturated heterocycles. The Morgan fingerprint density at radius 1 is 0.898 bits per heavy atom. The fourth-order valence-electron chi connectivity index (χ4n) is 8.47. The highest BCUT2D eigenvalue weighted by Crippen LogP contribution is 2.41. The zero-order chi connectivity index (χ0) is 41.5. The molecule has 0 aliphatic carbocycles. The Balaban J connectivity index is 1.05. The molecule has 2 aromatic heterocycles. The molecule has 16 heteroatoms. The molecule has 3 aromatic carbocycles. The van der Waals surface area contributed by atoms with Crippen molar-refractivity contribution in [1.29, 1.82) is 0 Å². The predicted molar refractivity (Wildman–Crippen MR) is 211 cm³/mol. The number of piperidine rings is 2. The van der Waals surface area contributed by atoms with E-state index in [0.29, 0.717) is 68.7 Å². The van der Waals surface area contributed by atoms with Crippen molar-refractivity contribution in [3.8, 4) is 11.1 Å². The first-order chi connectivity index (χ1) is 28.4. The maximum atomic E-state index is 16.5. The Hall–Kier alpha value is -6.32. The van der Waals surface area contributed by atoms with E-state index in [0.717, 1.165) is 0 Å². The number of nitrogens with zero attached hydrogens (tertiary/aromatic N) is 6. The van der Waals surface area contributed by atoms with E-state index in [1.165, 1.54) is 41.4 Å². The van der Waals surface area contributed by atoms with E-state index in [4.69, 9.17) is 0 Å². The van der Waals surface area contributed by atoms with Crippen LogP contribution < -0.4 is 10.2 Å². The van der Waals surface area contributed by atoms with E-state index >= 15 is 17.6 Å². The number of carbonyl (C=O) groups excluding carboxylic acids is 4. The Morgan fingerprint density at radius 3 is 2.41 bits per heavy atom. The van der Waals surface area contributed by atoms with Crippen LogP contribution in [0.1, 0.15) is 77.5 Å². The number of rotatable bonds is 9. The summed E-state index contributed by atoms with van der Waals surface area (Å²) in [6, 6.07) is 10.5. The smallest absolute Gasteiger partial charge is 0.269 e. The Kier molecular flexibility index (Phi) is 10.8. The second-order valence-electron chi connectivity index (χ2n) is 15.5. The highest BCUT2D eigenvalue weighted by molar-refractivity contribution is 6.05. The van der Waals surface area contributed by atoms with Gasteiger partial charge in [0.05, 0.1) is 29.9 Å². The van der Waals surface area contributed by atoms with Gasteiger partial charge in [-0.1, -0.05) is 29.5 Å². The minimum Gasteiger partial charge on any atom is -0.369 e. The summed E-state index contributed by atoms with van der Waals surface area (Å²) in [5.41, 5.74) is 1.66. The van der Waals surface area contributed by atoms with Crippen LogP contribution in [0.25, 0.3) is 27.6 Å². The zero-order valence-electron chi connectivity index (χ0n) is 32.5. The summed E-state index contributed by atoms with van der Waals surface area (Å²) in [5.74, 6) is -5.74. The van der Waals surface area contributed by atoms with Crippen LogP contribution in [0.3, 0.4) is 0 Å². The average molecular weight is 811 g/mol. The summed E-state index contributed by atoms with van der Waals surface area (Å²) < 4.78 is 66.2. The molecule has 3 aliphatic heterocycles. The lowest BCUT2D eigenvalue weighted by Crippen LogP contribution is -2.39. The number of carbonyl (C=O) groups is 4. The summed E-state index contributed by atoms with van der Waals surface area (Å²) in [4.78, 5) is 57.8. The topological polar surface area (TPSA) is 137 Å². The molecule has 0 spiro atoms. The van der Waals surface area contributed by atoms with Gasteiger partial charge in [0, 0.05) is 75.8 Å². The third-order valence-corrected chi connectivity index (χ3v) is 11.7.